The molecule has 6 heteroatoms. The Morgan fingerprint density at radius 2 is 1.84 bits per heavy atom. The third kappa shape index (κ3) is 3.35. The van der Waals surface area contributed by atoms with E-state index in [1.807, 2.05) is 0 Å². The molecule has 1 aromatic rings. The monoisotopic (exact) mass is 349 g/mol. The van der Waals surface area contributed by atoms with Gasteiger partial charge in [0.25, 0.3) is 0 Å². The van der Waals surface area contributed by atoms with Gasteiger partial charge in [0.15, 0.2) is 0 Å². The first-order chi connectivity index (χ1) is 8.99. The van der Waals surface area contributed by atoms with Crippen LogP contribution in [0.4, 0.5) is 4.39 Å². The summed E-state index contributed by atoms with van der Waals surface area (Å²) in [6.45, 7) is 0. The van der Waals surface area contributed by atoms with Crippen molar-refractivity contribution in [1.29, 1.82) is 0 Å². The highest BCUT2D eigenvalue weighted by Gasteiger charge is 2.36. The number of rotatable bonds is 4. The maximum Gasteiger partial charge on any atom is 0.244 e. The van der Waals surface area contributed by atoms with E-state index < -0.39 is 21.4 Å². The van der Waals surface area contributed by atoms with Gasteiger partial charge in [-0.3, -0.25) is 0 Å². The highest BCUT2D eigenvalue weighted by atomic mass is 79.9. The van der Waals surface area contributed by atoms with E-state index in [9.17, 15) is 12.8 Å². The summed E-state index contributed by atoms with van der Waals surface area (Å²) in [5.74, 6) is -0.712. The molecule has 0 amide bonds. The van der Waals surface area contributed by atoms with Crippen LogP contribution in [0.1, 0.15) is 32.1 Å². The number of hydrogen-bond acceptors (Lipinski definition) is 2. The van der Waals surface area contributed by atoms with E-state index in [2.05, 4.69) is 20.7 Å². The number of hydrogen-bond donors (Lipinski definition) is 1. The van der Waals surface area contributed by atoms with Gasteiger partial charge >= 0.3 is 0 Å². The lowest BCUT2D eigenvalue weighted by Gasteiger charge is -2.36. The van der Waals surface area contributed by atoms with Crippen LogP contribution in [0.2, 0.25) is 0 Å². The molecule has 1 saturated carbocycles. The SMILES string of the molecule is O=S(=O)(NC1(CBr)CCCCC1)c1ccccc1F. The smallest absolute Gasteiger partial charge is 0.207 e. The summed E-state index contributed by atoms with van der Waals surface area (Å²) in [7, 11) is -3.82. The second-order valence-corrected chi connectivity index (χ2v) is 7.22. The molecule has 0 aromatic heterocycles. The molecule has 106 valence electrons. The molecule has 0 unspecified atom stereocenters. The van der Waals surface area contributed by atoms with E-state index in [0.29, 0.717) is 5.33 Å². The van der Waals surface area contributed by atoms with Gasteiger partial charge in [-0.15, -0.1) is 0 Å². The molecule has 1 N–H and O–H groups in total. The Hall–Kier alpha value is -0.460. The second-order valence-electron chi connectivity index (χ2n) is 5.01. The van der Waals surface area contributed by atoms with Crippen LogP contribution in [0.25, 0.3) is 0 Å². The third-order valence-corrected chi connectivity index (χ3v) is 6.23. The number of nitrogens with one attached hydrogen (secondary N) is 1. The largest absolute Gasteiger partial charge is 0.244 e. The zero-order chi connectivity index (χ0) is 13.9. The fourth-order valence-corrected chi connectivity index (χ4v) is 4.92. The summed E-state index contributed by atoms with van der Waals surface area (Å²) in [5, 5.41) is 0.549. The van der Waals surface area contributed by atoms with Crippen LogP contribution in [0.3, 0.4) is 0 Å². The van der Waals surface area contributed by atoms with Crippen LogP contribution in [-0.2, 0) is 10.0 Å². The molecular weight excluding hydrogens is 333 g/mol. The molecule has 0 spiro atoms. The zero-order valence-corrected chi connectivity index (χ0v) is 12.9. The van der Waals surface area contributed by atoms with Gasteiger partial charge in [-0.25, -0.2) is 17.5 Å². The molecular formula is C13H17BrFNO2S. The van der Waals surface area contributed by atoms with Gasteiger partial charge in [-0.05, 0) is 25.0 Å². The minimum absolute atomic E-state index is 0.277. The van der Waals surface area contributed by atoms with Gasteiger partial charge in [0.1, 0.15) is 10.7 Å². The molecule has 0 aliphatic heterocycles. The molecule has 0 saturated heterocycles. The second kappa shape index (κ2) is 5.89. The lowest BCUT2D eigenvalue weighted by molar-refractivity contribution is 0.301. The predicted octanol–water partition coefficient (Wildman–Crippen LogP) is 3.20. The molecule has 2 rings (SSSR count). The molecule has 0 bridgehead atoms. The third-order valence-electron chi connectivity index (χ3n) is 3.54. The standard InChI is InChI=1S/C13H17BrFNO2S/c14-10-13(8-4-1-5-9-13)16-19(17,18)12-7-3-2-6-11(12)15/h2-3,6-7,16H,1,4-5,8-10H2. The first kappa shape index (κ1) is 14.9. The molecule has 0 radical (unpaired) electrons. The maximum atomic E-state index is 13.6. The molecule has 0 heterocycles. The van der Waals surface area contributed by atoms with Crippen molar-refractivity contribution in [3.63, 3.8) is 0 Å². The summed E-state index contributed by atoms with van der Waals surface area (Å²) in [6, 6.07) is 5.47. The minimum atomic E-state index is -3.82. The van der Waals surface area contributed by atoms with Crippen LogP contribution < -0.4 is 4.72 Å². The average Bonchev–Trinajstić information content (AvgIpc) is 2.39. The first-order valence-electron chi connectivity index (χ1n) is 6.34. The Kier molecular flexibility index (Phi) is 4.63. The highest BCUT2D eigenvalue weighted by molar-refractivity contribution is 9.09. The van der Waals surface area contributed by atoms with Crippen LogP contribution in [-0.4, -0.2) is 19.3 Å². The van der Waals surface area contributed by atoms with E-state index in [4.69, 9.17) is 0 Å². The fraction of sp³-hybridized carbons (Fsp3) is 0.538. The molecule has 3 nitrogen and oxygen atoms in total. The van der Waals surface area contributed by atoms with Crippen molar-refractivity contribution < 1.29 is 12.8 Å². The van der Waals surface area contributed by atoms with Gasteiger partial charge in [0, 0.05) is 10.9 Å². The Balaban J connectivity index is 2.28. The molecule has 1 aliphatic rings. The maximum absolute atomic E-state index is 13.6. The van der Waals surface area contributed by atoms with Crippen LogP contribution in [0, 0.1) is 5.82 Å². The predicted molar refractivity (Wildman–Crippen MR) is 76.3 cm³/mol. The molecule has 1 aliphatic carbocycles. The van der Waals surface area contributed by atoms with Crippen LogP contribution in [0.5, 0.6) is 0 Å². The molecule has 1 fully saturated rings. The number of benzene rings is 1. The zero-order valence-electron chi connectivity index (χ0n) is 10.5. The number of sulfonamides is 1. The van der Waals surface area contributed by atoms with Gasteiger partial charge in [-0.2, -0.15) is 0 Å². The van der Waals surface area contributed by atoms with Crippen molar-refractivity contribution in [3.8, 4) is 0 Å². The summed E-state index contributed by atoms with van der Waals surface area (Å²) >= 11 is 3.39. The number of alkyl halides is 1. The van der Waals surface area contributed by atoms with E-state index in [-0.39, 0.29) is 4.90 Å². The Morgan fingerprint density at radius 1 is 1.21 bits per heavy atom. The fourth-order valence-electron chi connectivity index (χ4n) is 2.49. The van der Waals surface area contributed by atoms with E-state index in [0.717, 1.165) is 38.2 Å². The summed E-state index contributed by atoms with van der Waals surface area (Å²) in [5.41, 5.74) is -0.487. The highest BCUT2D eigenvalue weighted by Crippen LogP contribution is 2.31. The lowest BCUT2D eigenvalue weighted by Crippen LogP contribution is -2.51. The molecule has 1 aromatic carbocycles. The van der Waals surface area contributed by atoms with Gasteiger partial charge in [0.2, 0.25) is 10.0 Å². The van der Waals surface area contributed by atoms with Crippen molar-refractivity contribution in [1.82, 2.24) is 4.72 Å². The van der Waals surface area contributed by atoms with Crippen LogP contribution in [0.15, 0.2) is 29.2 Å². The van der Waals surface area contributed by atoms with Crippen molar-refractivity contribution in [2.45, 2.75) is 42.5 Å². The van der Waals surface area contributed by atoms with E-state index in [1.54, 1.807) is 0 Å². The van der Waals surface area contributed by atoms with Crippen molar-refractivity contribution in [2.24, 2.45) is 0 Å². The molecule has 0 atom stereocenters. The lowest BCUT2D eigenvalue weighted by atomic mass is 9.84. The molecule has 19 heavy (non-hydrogen) atoms. The Morgan fingerprint density at radius 3 is 2.42 bits per heavy atom. The minimum Gasteiger partial charge on any atom is -0.207 e. The van der Waals surface area contributed by atoms with Crippen LogP contribution >= 0.6 is 15.9 Å². The van der Waals surface area contributed by atoms with E-state index >= 15 is 0 Å². The van der Waals surface area contributed by atoms with Crippen molar-refractivity contribution in [2.75, 3.05) is 5.33 Å². The summed E-state index contributed by atoms with van der Waals surface area (Å²) in [4.78, 5) is -0.277. The Labute approximate surface area is 121 Å². The van der Waals surface area contributed by atoms with Gasteiger partial charge < -0.3 is 0 Å². The van der Waals surface area contributed by atoms with E-state index in [1.165, 1.54) is 18.2 Å². The van der Waals surface area contributed by atoms with Crippen molar-refractivity contribution in [3.05, 3.63) is 30.1 Å². The van der Waals surface area contributed by atoms with Gasteiger partial charge in [0.05, 0.1) is 0 Å². The quantitative estimate of drug-likeness (QED) is 0.848. The summed E-state index contributed by atoms with van der Waals surface area (Å²) < 4.78 is 41.0. The first-order valence-corrected chi connectivity index (χ1v) is 8.94. The van der Waals surface area contributed by atoms with Crippen molar-refractivity contribution >= 4 is 26.0 Å². The normalized spacial score (nSPS) is 19.3. The van der Waals surface area contributed by atoms with Gasteiger partial charge in [-0.1, -0.05) is 47.3 Å². The topological polar surface area (TPSA) is 46.2 Å². The summed E-state index contributed by atoms with van der Waals surface area (Å²) in [6.07, 6.45) is 4.67. The number of halogens is 2. The Bertz CT molecular complexity index is 541. The average molecular weight is 350 g/mol.